The number of tetrazole rings is 1. The standard InChI is InChI=1S/C21H15N5O3S2/c27-19-18-16(14-8-3-1-4-9-14)12-7-13-17(18)31(28,29)26(19)20(15-10-5-2-6-11-15)30-21-22-24-25-23-21/h1-13,20H,(H,22,23,24,25). The molecule has 1 aromatic heterocycles. The molecular weight excluding hydrogens is 434 g/mol. The Balaban J connectivity index is 1.67. The second-order valence-electron chi connectivity index (χ2n) is 6.73. The number of carbonyl (C=O) groups is 1. The van der Waals surface area contributed by atoms with Crippen molar-refractivity contribution in [3.8, 4) is 11.1 Å². The van der Waals surface area contributed by atoms with Gasteiger partial charge in [-0.25, -0.2) is 12.7 Å². The Bertz CT molecular complexity index is 1340. The molecule has 154 valence electrons. The van der Waals surface area contributed by atoms with E-state index in [1.165, 1.54) is 6.07 Å². The van der Waals surface area contributed by atoms with Crippen LogP contribution in [0.25, 0.3) is 11.1 Å². The Labute approximate surface area is 182 Å². The predicted molar refractivity (Wildman–Crippen MR) is 114 cm³/mol. The minimum atomic E-state index is -4.10. The summed E-state index contributed by atoms with van der Waals surface area (Å²) in [5, 5.41) is 13.1. The van der Waals surface area contributed by atoms with Crippen LogP contribution in [0.1, 0.15) is 21.3 Å². The molecule has 3 aromatic carbocycles. The van der Waals surface area contributed by atoms with Gasteiger partial charge in [0.25, 0.3) is 15.9 Å². The van der Waals surface area contributed by atoms with Gasteiger partial charge in [-0.2, -0.15) is 5.21 Å². The number of fused-ring (bicyclic) bond motifs is 1. The Hall–Kier alpha value is -3.50. The quantitative estimate of drug-likeness (QED) is 0.465. The van der Waals surface area contributed by atoms with Crippen molar-refractivity contribution in [1.82, 2.24) is 24.9 Å². The van der Waals surface area contributed by atoms with Crippen molar-refractivity contribution in [2.24, 2.45) is 0 Å². The van der Waals surface area contributed by atoms with E-state index in [1.54, 1.807) is 36.4 Å². The summed E-state index contributed by atoms with van der Waals surface area (Å²) < 4.78 is 28.0. The molecular formula is C21H15N5O3S2. The molecule has 8 nitrogen and oxygen atoms in total. The molecule has 0 saturated heterocycles. The number of nitrogens with one attached hydrogen (secondary N) is 1. The van der Waals surface area contributed by atoms with Crippen LogP contribution < -0.4 is 0 Å². The highest BCUT2D eigenvalue weighted by Gasteiger charge is 2.47. The fraction of sp³-hybridized carbons (Fsp3) is 0.0476. The molecule has 0 spiro atoms. The lowest BCUT2D eigenvalue weighted by Crippen LogP contribution is -2.33. The van der Waals surface area contributed by atoms with Gasteiger partial charge in [-0.1, -0.05) is 84.6 Å². The normalized spacial score (nSPS) is 15.6. The number of thioether (sulfide) groups is 1. The van der Waals surface area contributed by atoms with Crippen LogP contribution in [0.4, 0.5) is 0 Å². The van der Waals surface area contributed by atoms with Crippen LogP contribution in [0, 0.1) is 0 Å². The Kier molecular flexibility index (Phi) is 4.79. The average Bonchev–Trinajstić information content (AvgIpc) is 3.38. The highest BCUT2D eigenvalue weighted by atomic mass is 32.2. The summed E-state index contributed by atoms with van der Waals surface area (Å²) in [6, 6.07) is 23.1. The van der Waals surface area contributed by atoms with Gasteiger partial charge in [-0.05, 0) is 28.0 Å². The monoisotopic (exact) mass is 449 g/mol. The van der Waals surface area contributed by atoms with Gasteiger partial charge in [0.05, 0.1) is 5.56 Å². The number of rotatable bonds is 5. The minimum absolute atomic E-state index is 0.00602. The summed E-state index contributed by atoms with van der Waals surface area (Å²) in [7, 11) is -4.10. The van der Waals surface area contributed by atoms with Crippen LogP contribution in [0.2, 0.25) is 0 Å². The van der Waals surface area contributed by atoms with E-state index in [4.69, 9.17) is 0 Å². The molecule has 0 saturated carbocycles. The van der Waals surface area contributed by atoms with Gasteiger partial charge in [0.2, 0.25) is 5.16 Å². The van der Waals surface area contributed by atoms with Crippen LogP contribution in [0.5, 0.6) is 0 Å². The third kappa shape index (κ3) is 3.29. The van der Waals surface area contributed by atoms with E-state index < -0.39 is 21.3 Å². The van der Waals surface area contributed by atoms with E-state index in [-0.39, 0.29) is 15.6 Å². The van der Waals surface area contributed by atoms with Crippen LogP contribution in [-0.2, 0) is 10.0 Å². The number of H-pyrrole nitrogens is 1. The van der Waals surface area contributed by atoms with Gasteiger partial charge in [-0.15, -0.1) is 10.2 Å². The van der Waals surface area contributed by atoms with Crippen LogP contribution in [0.3, 0.4) is 0 Å². The van der Waals surface area contributed by atoms with Crippen molar-refractivity contribution in [2.45, 2.75) is 15.4 Å². The molecule has 2 heterocycles. The Morgan fingerprint density at radius 2 is 1.61 bits per heavy atom. The Morgan fingerprint density at radius 1 is 0.903 bits per heavy atom. The van der Waals surface area contributed by atoms with Crippen LogP contribution in [0.15, 0.2) is 88.9 Å². The zero-order valence-corrected chi connectivity index (χ0v) is 17.5. The molecule has 0 radical (unpaired) electrons. The van der Waals surface area contributed by atoms with Gasteiger partial charge in [0, 0.05) is 0 Å². The van der Waals surface area contributed by atoms with Gasteiger partial charge in [0.1, 0.15) is 10.3 Å². The third-order valence-electron chi connectivity index (χ3n) is 4.90. The Morgan fingerprint density at radius 3 is 2.29 bits per heavy atom. The van der Waals surface area contributed by atoms with Gasteiger partial charge in [0.15, 0.2) is 0 Å². The first-order valence-electron chi connectivity index (χ1n) is 9.29. The number of carbonyl (C=O) groups excluding carboxylic acids is 1. The van der Waals surface area contributed by atoms with Crippen LogP contribution >= 0.6 is 11.8 Å². The van der Waals surface area contributed by atoms with Crippen molar-refractivity contribution in [1.29, 1.82) is 0 Å². The lowest BCUT2D eigenvalue weighted by molar-refractivity contribution is 0.0862. The average molecular weight is 450 g/mol. The molecule has 1 aliphatic rings. The lowest BCUT2D eigenvalue weighted by atomic mass is 9.99. The van der Waals surface area contributed by atoms with Crippen molar-refractivity contribution < 1.29 is 13.2 Å². The predicted octanol–water partition coefficient (Wildman–Crippen LogP) is 3.50. The number of aromatic amines is 1. The summed E-state index contributed by atoms with van der Waals surface area (Å²) in [5.41, 5.74) is 2.14. The van der Waals surface area contributed by atoms with E-state index in [1.807, 2.05) is 36.4 Å². The number of amides is 1. The maximum atomic E-state index is 13.6. The smallest absolute Gasteiger partial charge is 0.268 e. The first-order valence-corrected chi connectivity index (χ1v) is 11.6. The fourth-order valence-electron chi connectivity index (χ4n) is 3.55. The zero-order chi connectivity index (χ0) is 21.4. The molecule has 1 atom stereocenters. The van der Waals surface area contributed by atoms with Gasteiger partial charge in [-0.3, -0.25) is 4.79 Å². The lowest BCUT2D eigenvalue weighted by Gasteiger charge is -2.25. The maximum absolute atomic E-state index is 13.6. The van der Waals surface area contributed by atoms with Crippen molar-refractivity contribution in [3.05, 3.63) is 90.0 Å². The fourth-order valence-corrected chi connectivity index (χ4v) is 6.49. The SMILES string of the molecule is O=C1c2c(-c3ccccc3)cccc2S(=O)(=O)N1C(Sc1nn[nH]n1)c1ccccc1. The molecule has 1 aliphatic heterocycles. The number of nitrogens with zero attached hydrogens (tertiary/aromatic N) is 4. The highest BCUT2D eigenvalue weighted by Crippen LogP contribution is 2.46. The van der Waals surface area contributed by atoms with Gasteiger partial charge >= 0.3 is 0 Å². The number of aromatic nitrogens is 4. The molecule has 1 unspecified atom stereocenters. The topological polar surface area (TPSA) is 109 Å². The van der Waals surface area contributed by atoms with Crippen molar-refractivity contribution in [2.75, 3.05) is 0 Å². The maximum Gasteiger partial charge on any atom is 0.271 e. The molecule has 1 amide bonds. The molecule has 0 aliphatic carbocycles. The largest absolute Gasteiger partial charge is 0.271 e. The molecule has 1 N–H and O–H groups in total. The molecule has 0 bridgehead atoms. The number of hydrogen-bond donors (Lipinski definition) is 1. The van der Waals surface area contributed by atoms with Gasteiger partial charge < -0.3 is 0 Å². The molecule has 5 rings (SSSR count). The zero-order valence-electron chi connectivity index (χ0n) is 15.9. The van der Waals surface area contributed by atoms with E-state index in [0.717, 1.165) is 21.6 Å². The third-order valence-corrected chi connectivity index (χ3v) is 7.92. The van der Waals surface area contributed by atoms with E-state index in [2.05, 4.69) is 20.6 Å². The van der Waals surface area contributed by atoms with Crippen molar-refractivity contribution >= 4 is 27.7 Å². The highest BCUT2D eigenvalue weighted by molar-refractivity contribution is 8.00. The first-order chi connectivity index (χ1) is 15.1. The first kappa shape index (κ1) is 19.5. The number of hydrogen-bond acceptors (Lipinski definition) is 7. The second-order valence-corrected chi connectivity index (χ2v) is 9.56. The second kappa shape index (κ2) is 7.64. The molecule has 31 heavy (non-hydrogen) atoms. The summed E-state index contributed by atoms with van der Waals surface area (Å²) in [5.74, 6) is -0.584. The summed E-state index contributed by atoms with van der Waals surface area (Å²) in [6.07, 6.45) is 0. The molecule has 4 aromatic rings. The van der Waals surface area contributed by atoms with E-state index >= 15 is 0 Å². The number of sulfonamides is 1. The van der Waals surface area contributed by atoms with Crippen LogP contribution in [-0.4, -0.2) is 39.3 Å². The number of benzene rings is 3. The van der Waals surface area contributed by atoms with E-state index in [9.17, 15) is 13.2 Å². The molecule has 0 fully saturated rings. The van der Waals surface area contributed by atoms with E-state index in [0.29, 0.717) is 11.1 Å². The summed E-state index contributed by atoms with van der Waals surface area (Å²) >= 11 is 1.03. The summed E-state index contributed by atoms with van der Waals surface area (Å²) in [4.78, 5) is 13.6. The molecule has 10 heteroatoms. The van der Waals surface area contributed by atoms with Crippen molar-refractivity contribution in [3.63, 3.8) is 0 Å². The summed E-state index contributed by atoms with van der Waals surface area (Å²) in [6.45, 7) is 0. The minimum Gasteiger partial charge on any atom is -0.268 e.